The number of hydrogen-bond acceptors (Lipinski definition) is 5. The number of carbonyl (C=O) groups is 1. The second-order valence-electron chi connectivity index (χ2n) is 4.56. The predicted molar refractivity (Wildman–Crippen MR) is 81.2 cm³/mol. The summed E-state index contributed by atoms with van der Waals surface area (Å²) in [4.78, 5) is 12.3. The Morgan fingerprint density at radius 1 is 1.32 bits per heavy atom. The molecule has 3 N–H and O–H groups in total. The first-order valence-corrected chi connectivity index (χ1v) is 6.84. The van der Waals surface area contributed by atoms with Crippen molar-refractivity contribution in [3.8, 4) is 11.5 Å². The van der Waals surface area contributed by atoms with Crippen molar-refractivity contribution in [1.29, 1.82) is 0 Å². The number of amides is 1. The monoisotopic (exact) mass is 317 g/mol. The lowest BCUT2D eigenvalue weighted by molar-refractivity contribution is 0.0952. The first kappa shape index (κ1) is 14.2. The van der Waals surface area contributed by atoms with Gasteiger partial charge in [0.25, 0.3) is 5.91 Å². The Kier molecular flexibility index (Phi) is 3.84. The third-order valence-electron chi connectivity index (χ3n) is 3.04. The highest BCUT2D eigenvalue weighted by atomic mass is 35.5. The van der Waals surface area contributed by atoms with Crippen molar-refractivity contribution in [2.75, 3.05) is 5.73 Å². The number of carbonyl (C=O) groups excluding carboxylic acids is 1. The second kappa shape index (κ2) is 5.95. The standard InChI is InChI=1S/C15H12ClN3O3/c16-10-4-1-3-9(7-10)8-18-15(20)12-13(19-22-14(12)17)11-5-2-6-21-11/h1-7H,8,17H2,(H,18,20). The Labute approximate surface area is 130 Å². The van der Waals surface area contributed by atoms with Crippen LogP contribution in [0, 0.1) is 0 Å². The number of anilines is 1. The fourth-order valence-electron chi connectivity index (χ4n) is 2.02. The largest absolute Gasteiger partial charge is 0.463 e. The number of hydrogen-bond donors (Lipinski definition) is 2. The lowest BCUT2D eigenvalue weighted by Gasteiger charge is -2.05. The maximum Gasteiger partial charge on any atom is 0.259 e. The van der Waals surface area contributed by atoms with Crippen LogP contribution in [-0.4, -0.2) is 11.1 Å². The van der Waals surface area contributed by atoms with Crippen LogP contribution in [0.15, 0.2) is 51.6 Å². The van der Waals surface area contributed by atoms with E-state index in [9.17, 15) is 4.79 Å². The molecule has 0 aliphatic carbocycles. The Bertz CT molecular complexity index is 796. The Hall–Kier alpha value is -2.73. The summed E-state index contributed by atoms with van der Waals surface area (Å²) in [6.45, 7) is 0.307. The summed E-state index contributed by atoms with van der Waals surface area (Å²) >= 11 is 5.91. The van der Waals surface area contributed by atoms with Gasteiger partial charge in [0.1, 0.15) is 5.56 Å². The molecule has 7 heteroatoms. The average Bonchev–Trinajstić information content (AvgIpc) is 3.14. The number of halogens is 1. The van der Waals surface area contributed by atoms with Gasteiger partial charge in [-0.15, -0.1) is 0 Å². The number of nitrogens with zero attached hydrogens (tertiary/aromatic N) is 1. The van der Waals surface area contributed by atoms with Crippen LogP contribution in [0.25, 0.3) is 11.5 Å². The zero-order chi connectivity index (χ0) is 15.5. The van der Waals surface area contributed by atoms with Gasteiger partial charge in [-0.3, -0.25) is 4.79 Å². The first-order chi connectivity index (χ1) is 10.6. The van der Waals surface area contributed by atoms with Gasteiger partial charge in [0, 0.05) is 11.6 Å². The fraction of sp³-hybridized carbons (Fsp3) is 0.0667. The molecule has 6 nitrogen and oxygen atoms in total. The van der Waals surface area contributed by atoms with E-state index < -0.39 is 5.91 Å². The van der Waals surface area contributed by atoms with Crippen LogP contribution in [-0.2, 0) is 6.54 Å². The zero-order valence-corrected chi connectivity index (χ0v) is 12.1. The molecule has 0 saturated carbocycles. The lowest BCUT2D eigenvalue weighted by atomic mass is 10.1. The number of nitrogens with two attached hydrogens (primary N) is 1. The van der Waals surface area contributed by atoms with Gasteiger partial charge in [-0.05, 0) is 29.8 Å². The van der Waals surface area contributed by atoms with Crippen LogP contribution in [0.1, 0.15) is 15.9 Å². The summed E-state index contributed by atoms with van der Waals surface area (Å²) < 4.78 is 10.1. The van der Waals surface area contributed by atoms with Crippen LogP contribution in [0.3, 0.4) is 0 Å². The first-order valence-electron chi connectivity index (χ1n) is 6.47. The second-order valence-corrected chi connectivity index (χ2v) is 5.00. The van der Waals surface area contributed by atoms with Gasteiger partial charge in [0.15, 0.2) is 11.5 Å². The maximum absolute atomic E-state index is 12.3. The average molecular weight is 318 g/mol. The van der Waals surface area contributed by atoms with Gasteiger partial charge in [0.05, 0.1) is 6.26 Å². The number of nitrogen functional groups attached to an aromatic ring is 1. The summed E-state index contributed by atoms with van der Waals surface area (Å²) in [7, 11) is 0. The van der Waals surface area contributed by atoms with Gasteiger partial charge in [-0.1, -0.05) is 28.9 Å². The van der Waals surface area contributed by atoms with E-state index in [0.29, 0.717) is 17.3 Å². The summed E-state index contributed by atoms with van der Waals surface area (Å²) in [6, 6.07) is 10.6. The fourth-order valence-corrected chi connectivity index (χ4v) is 2.23. The molecule has 2 aromatic heterocycles. The van der Waals surface area contributed by atoms with E-state index in [0.717, 1.165) is 5.56 Å². The van der Waals surface area contributed by atoms with E-state index in [1.807, 2.05) is 12.1 Å². The smallest absolute Gasteiger partial charge is 0.259 e. The Balaban J connectivity index is 1.80. The van der Waals surface area contributed by atoms with E-state index in [2.05, 4.69) is 10.5 Å². The van der Waals surface area contributed by atoms with E-state index in [1.165, 1.54) is 6.26 Å². The molecule has 2 heterocycles. The minimum Gasteiger partial charge on any atom is -0.463 e. The van der Waals surface area contributed by atoms with Crippen molar-refractivity contribution in [3.63, 3.8) is 0 Å². The molecule has 22 heavy (non-hydrogen) atoms. The summed E-state index contributed by atoms with van der Waals surface area (Å²) in [5, 5.41) is 7.13. The van der Waals surface area contributed by atoms with Crippen LogP contribution in [0.4, 0.5) is 5.88 Å². The van der Waals surface area contributed by atoms with E-state index in [-0.39, 0.29) is 17.1 Å². The molecule has 3 aromatic rings. The minimum absolute atomic E-state index is 0.0602. The molecule has 0 bridgehead atoms. The van der Waals surface area contributed by atoms with Crippen LogP contribution >= 0.6 is 11.6 Å². The normalized spacial score (nSPS) is 10.6. The van der Waals surface area contributed by atoms with Crippen molar-refractivity contribution in [3.05, 3.63) is 58.8 Å². The van der Waals surface area contributed by atoms with Crippen molar-refractivity contribution >= 4 is 23.4 Å². The molecule has 0 radical (unpaired) electrons. The van der Waals surface area contributed by atoms with Crippen molar-refractivity contribution < 1.29 is 13.7 Å². The highest BCUT2D eigenvalue weighted by molar-refractivity contribution is 6.30. The van der Waals surface area contributed by atoms with Crippen molar-refractivity contribution in [2.24, 2.45) is 0 Å². The molecular formula is C15H12ClN3O3. The molecule has 1 aromatic carbocycles. The molecule has 0 saturated heterocycles. The number of rotatable bonds is 4. The number of benzene rings is 1. The lowest BCUT2D eigenvalue weighted by Crippen LogP contribution is -2.23. The van der Waals surface area contributed by atoms with E-state index >= 15 is 0 Å². The third-order valence-corrected chi connectivity index (χ3v) is 3.28. The molecule has 1 amide bonds. The molecule has 0 atom stereocenters. The highest BCUT2D eigenvalue weighted by Crippen LogP contribution is 2.27. The van der Waals surface area contributed by atoms with Crippen LogP contribution in [0.5, 0.6) is 0 Å². The molecule has 0 unspecified atom stereocenters. The van der Waals surface area contributed by atoms with E-state index in [4.69, 9.17) is 26.3 Å². The molecule has 3 rings (SSSR count). The van der Waals surface area contributed by atoms with Crippen molar-refractivity contribution in [2.45, 2.75) is 6.54 Å². The van der Waals surface area contributed by atoms with Crippen LogP contribution in [0.2, 0.25) is 5.02 Å². The molecule has 0 fully saturated rings. The Morgan fingerprint density at radius 2 is 2.18 bits per heavy atom. The summed E-state index contributed by atoms with van der Waals surface area (Å²) in [5.41, 5.74) is 6.98. The van der Waals surface area contributed by atoms with Gasteiger partial charge < -0.3 is 20.0 Å². The molecule has 0 aliphatic rings. The maximum atomic E-state index is 12.3. The quantitative estimate of drug-likeness (QED) is 0.771. The molecule has 0 spiro atoms. The summed E-state index contributed by atoms with van der Waals surface area (Å²) in [5.74, 6) is -0.0477. The van der Waals surface area contributed by atoms with E-state index in [1.54, 1.807) is 24.3 Å². The van der Waals surface area contributed by atoms with Crippen molar-refractivity contribution in [1.82, 2.24) is 10.5 Å². The number of nitrogens with one attached hydrogen (secondary N) is 1. The van der Waals surface area contributed by atoms with Gasteiger partial charge >= 0.3 is 0 Å². The topological polar surface area (TPSA) is 94.3 Å². The summed E-state index contributed by atoms with van der Waals surface area (Å²) in [6.07, 6.45) is 1.48. The number of furan rings is 1. The highest BCUT2D eigenvalue weighted by Gasteiger charge is 2.23. The predicted octanol–water partition coefficient (Wildman–Crippen LogP) is 3.10. The minimum atomic E-state index is -0.398. The zero-order valence-electron chi connectivity index (χ0n) is 11.4. The molecular weight excluding hydrogens is 306 g/mol. The Morgan fingerprint density at radius 3 is 2.91 bits per heavy atom. The van der Waals surface area contributed by atoms with Gasteiger partial charge in [-0.2, -0.15) is 0 Å². The third kappa shape index (κ3) is 2.82. The van der Waals surface area contributed by atoms with Gasteiger partial charge in [0.2, 0.25) is 5.88 Å². The molecule has 0 aliphatic heterocycles. The SMILES string of the molecule is Nc1onc(-c2ccco2)c1C(=O)NCc1cccc(Cl)c1. The number of aromatic nitrogens is 1. The van der Waals surface area contributed by atoms with Gasteiger partial charge in [-0.25, -0.2) is 0 Å². The molecule has 112 valence electrons. The van der Waals surface area contributed by atoms with Crippen LogP contribution < -0.4 is 11.1 Å².